The highest BCUT2D eigenvalue weighted by Crippen LogP contribution is 2.27. The first-order chi connectivity index (χ1) is 12.8. The molecule has 2 aliphatic heterocycles. The van der Waals surface area contributed by atoms with Gasteiger partial charge in [0.2, 0.25) is 0 Å². The van der Waals surface area contributed by atoms with Crippen LogP contribution in [-0.2, 0) is 11.3 Å². The van der Waals surface area contributed by atoms with Gasteiger partial charge in [-0.15, -0.1) is 0 Å². The lowest BCUT2D eigenvalue weighted by molar-refractivity contribution is -0.139. The Morgan fingerprint density at radius 1 is 1.26 bits per heavy atom. The molecule has 3 heterocycles. The number of morpholine rings is 1. The topological polar surface area (TPSA) is 55.3 Å². The summed E-state index contributed by atoms with van der Waals surface area (Å²) in [5.41, 5.74) is 0.225. The van der Waals surface area contributed by atoms with Crippen LogP contribution < -0.4 is 10.6 Å². The van der Waals surface area contributed by atoms with Crippen LogP contribution in [0.4, 0.5) is 17.6 Å². The molecule has 2 aliphatic rings. The van der Waals surface area contributed by atoms with Crippen LogP contribution in [0.25, 0.3) is 10.9 Å². The Labute approximate surface area is 152 Å². The smallest absolute Gasteiger partial charge is 0.378 e. The number of carbonyl (C=O) groups is 1. The summed E-state index contributed by atoms with van der Waals surface area (Å²) in [6.45, 7) is -0.102. The van der Waals surface area contributed by atoms with Gasteiger partial charge in [-0.05, 0) is 31.0 Å². The van der Waals surface area contributed by atoms with Crippen LogP contribution in [-0.4, -0.2) is 48.0 Å². The minimum absolute atomic E-state index is 0.0497. The number of halogens is 4. The van der Waals surface area contributed by atoms with E-state index in [1.54, 1.807) is 0 Å². The van der Waals surface area contributed by atoms with Gasteiger partial charge in [0.1, 0.15) is 12.4 Å². The molecule has 0 radical (unpaired) electrons. The van der Waals surface area contributed by atoms with E-state index in [1.807, 2.05) is 0 Å². The monoisotopic (exact) mass is 385 g/mol. The summed E-state index contributed by atoms with van der Waals surface area (Å²) < 4.78 is 58.6. The number of alkyl halides is 3. The Morgan fingerprint density at radius 3 is 2.63 bits per heavy atom. The number of hydrogen-bond donors (Lipinski definition) is 2. The second-order valence-corrected chi connectivity index (χ2v) is 7.19. The SMILES string of the molecule is O=C(N[C@H]1C[C@H]2COC[C@@H](C1)N2)c1cn(CC(F)(F)F)c2ccc(F)cc12. The lowest BCUT2D eigenvalue weighted by Gasteiger charge is -2.40. The van der Waals surface area contributed by atoms with E-state index in [9.17, 15) is 22.4 Å². The van der Waals surface area contributed by atoms with Crippen molar-refractivity contribution in [1.82, 2.24) is 15.2 Å². The van der Waals surface area contributed by atoms with Crippen LogP contribution in [0.15, 0.2) is 24.4 Å². The Kier molecular flexibility index (Phi) is 4.59. The number of nitrogens with one attached hydrogen (secondary N) is 2. The second kappa shape index (κ2) is 6.79. The highest BCUT2D eigenvalue weighted by atomic mass is 19.4. The van der Waals surface area contributed by atoms with Crippen LogP contribution in [0.3, 0.4) is 0 Å². The summed E-state index contributed by atoms with van der Waals surface area (Å²) in [5, 5.41) is 6.48. The number of benzene rings is 1. The molecule has 1 amide bonds. The van der Waals surface area contributed by atoms with Gasteiger partial charge in [-0.3, -0.25) is 4.79 Å². The van der Waals surface area contributed by atoms with Crippen molar-refractivity contribution in [2.75, 3.05) is 13.2 Å². The van der Waals surface area contributed by atoms with Crippen molar-refractivity contribution in [3.05, 3.63) is 35.8 Å². The van der Waals surface area contributed by atoms with Gasteiger partial charge in [0.05, 0.1) is 18.8 Å². The van der Waals surface area contributed by atoms with Gasteiger partial charge < -0.3 is 19.9 Å². The maximum absolute atomic E-state index is 13.7. The highest BCUT2D eigenvalue weighted by molar-refractivity contribution is 6.07. The molecule has 0 aliphatic carbocycles. The molecule has 1 aromatic carbocycles. The molecule has 27 heavy (non-hydrogen) atoms. The van der Waals surface area contributed by atoms with E-state index in [1.165, 1.54) is 6.07 Å². The highest BCUT2D eigenvalue weighted by Gasteiger charge is 2.34. The minimum Gasteiger partial charge on any atom is -0.378 e. The van der Waals surface area contributed by atoms with Crippen LogP contribution in [0.1, 0.15) is 23.2 Å². The summed E-state index contributed by atoms with van der Waals surface area (Å²) in [5.74, 6) is -1.09. The van der Waals surface area contributed by atoms with Gasteiger partial charge in [0, 0.05) is 35.2 Å². The van der Waals surface area contributed by atoms with Crippen LogP contribution >= 0.6 is 0 Å². The number of fused-ring (bicyclic) bond motifs is 3. The molecular formula is C18H19F4N3O2. The molecule has 2 N–H and O–H groups in total. The van der Waals surface area contributed by atoms with Crippen molar-refractivity contribution < 1.29 is 27.1 Å². The number of nitrogens with zero attached hydrogens (tertiary/aromatic N) is 1. The van der Waals surface area contributed by atoms with Crippen LogP contribution in [0.2, 0.25) is 0 Å². The summed E-state index contributed by atoms with van der Waals surface area (Å²) >= 11 is 0. The molecule has 0 unspecified atom stereocenters. The maximum atomic E-state index is 13.7. The van der Waals surface area contributed by atoms with E-state index in [0.717, 1.165) is 22.9 Å². The summed E-state index contributed by atoms with van der Waals surface area (Å²) in [6.07, 6.45) is -1.94. The van der Waals surface area contributed by atoms with Crippen molar-refractivity contribution in [3.8, 4) is 0 Å². The van der Waals surface area contributed by atoms with E-state index in [2.05, 4.69) is 10.6 Å². The minimum atomic E-state index is -4.44. The number of aromatic nitrogens is 1. The molecule has 2 aromatic rings. The van der Waals surface area contributed by atoms with Crippen molar-refractivity contribution in [2.24, 2.45) is 0 Å². The fourth-order valence-electron chi connectivity index (χ4n) is 3.99. The van der Waals surface area contributed by atoms with E-state index in [0.29, 0.717) is 26.1 Å². The maximum Gasteiger partial charge on any atom is 0.406 e. The molecule has 0 spiro atoms. The van der Waals surface area contributed by atoms with Crippen molar-refractivity contribution in [3.63, 3.8) is 0 Å². The first-order valence-electron chi connectivity index (χ1n) is 8.78. The molecule has 1 aromatic heterocycles. The van der Waals surface area contributed by atoms with Crippen molar-refractivity contribution in [1.29, 1.82) is 0 Å². The van der Waals surface area contributed by atoms with Crippen LogP contribution in [0.5, 0.6) is 0 Å². The van der Waals surface area contributed by atoms with Gasteiger partial charge in [-0.2, -0.15) is 13.2 Å². The molecule has 9 heteroatoms. The van der Waals surface area contributed by atoms with Gasteiger partial charge in [0.15, 0.2) is 0 Å². The predicted molar refractivity (Wildman–Crippen MR) is 90.0 cm³/mol. The lowest BCUT2D eigenvalue weighted by Crippen LogP contribution is -2.58. The summed E-state index contributed by atoms with van der Waals surface area (Å²) in [4.78, 5) is 12.8. The quantitative estimate of drug-likeness (QED) is 0.799. The molecular weight excluding hydrogens is 366 g/mol. The van der Waals surface area contributed by atoms with E-state index in [-0.39, 0.29) is 34.6 Å². The lowest BCUT2D eigenvalue weighted by atomic mass is 9.92. The third-order valence-electron chi connectivity index (χ3n) is 5.02. The standard InChI is InChI=1S/C18H19F4N3O2/c19-10-1-2-16-14(3-10)15(6-25(16)9-18(20,21)22)17(26)24-11-4-12-7-27-8-13(5-11)23-12/h1-3,6,11-13,23H,4-5,7-9H2,(H,24,26)/t11-,12-,13+. The number of piperidine rings is 1. The zero-order chi connectivity index (χ0) is 19.2. The summed E-state index contributed by atoms with van der Waals surface area (Å²) in [6, 6.07) is 3.64. The molecule has 2 saturated heterocycles. The summed E-state index contributed by atoms with van der Waals surface area (Å²) in [7, 11) is 0. The largest absolute Gasteiger partial charge is 0.406 e. The Balaban J connectivity index is 1.60. The number of ether oxygens (including phenoxy) is 1. The van der Waals surface area contributed by atoms with E-state index in [4.69, 9.17) is 4.74 Å². The number of rotatable bonds is 3. The average molecular weight is 385 g/mol. The zero-order valence-electron chi connectivity index (χ0n) is 14.4. The Hall–Kier alpha value is -2.13. The Morgan fingerprint density at radius 2 is 1.96 bits per heavy atom. The third-order valence-corrected chi connectivity index (χ3v) is 5.02. The first-order valence-corrected chi connectivity index (χ1v) is 8.78. The van der Waals surface area contributed by atoms with E-state index < -0.39 is 24.4 Å². The van der Waals surface area contributed by atoms with Crippen molar-refractivity contribution >= 4 is 16.8 Å². The molecule has 146 valence electrons. The van der Waals surface area contributed by atoms with Gasteiger partial charge in [-0.1, -0.05) is 0 Å². The second-order valence-electron chi connectivity index (χ2n) is 7.19. The fraction of sp³-hybridized carbons (Fsp3) is 0.500. The fourth-order valence-corrected chi connectivity index (χ4v) is 3.99. The van der Waals surface area contributed by atoms with E-state index >= 15 is 0 Å². The molecule has 4 rings (SSSR count). The number of carbonyl (C=O) groups excluding carboxylic acids is 1. The molecule has 5 nitrogen and oxygen atoms in total. The first kappa shape index (κ1) is 18.2. The van der Waals surface area contributed by atoms with Gasteiger partial charge >= 0.3 is 6.18 Å². The Bertz CT molecular complexity index is 852. The zero-order valence-corrected chi connectivity index (χ0v) is 14.4. The predicted octanol–water partition coefficient (Wildman–Crippen LogP) is 2.59. The average Bonchev–Trinajstić information content (AvgIpc) is 2.90. The molecule has 3 atom stereocenters. The molecule has 0 saturated carbocycles. The number of amides is 1. The third kappa shape index (κ3) is 3.93. The molecule has 2 bridgehead atoms. The van der Waals surface area contributed by atoms with Crippen LogP contribution in [0, 0.1) is 5.82 Å². The normalized spacial score (nSPS) is 25.6. The van der Waals surface area contributed by atoms with Crippen molar-refractivity contribution in [2.45, 2.75) is 43.7 Å². The van der Waals surface area contributed by atoms with Gasteiger partial charge in [-0.25, -0.2) is 4.39 Å². The number of hydrogen-bond acceptors (Lipinski definition) is 3. The van der Waals surface area contributed by atoms with Gasteiger partial charge in [0.25, 0.3) is 5.91 Å². The molecule has 2 fully saturated rings.